The van der Waals surface area contributed by atoms with Gasteiger partial charge in [-0.1, -0.05) is 80.6 Å². The Labute approximate surface area is 216 Å². The van der Waals surface area contributed by atoms with E-state index in [1.807, 2.05) is 49.6 Å². The van der Waals surface area contributed by atoms with Crippen LogP contribution in [0.5, 0.6) is 0 Å². The molecule has 6 rings (SSSR count). The Balaban J connectivity index is 1.60. The Morgan fingerprint density at radius 2 is 1.38 bits per heavy atom. The SMILES string of the molecule is Cc1ccc2c(oc3c(-c4cccc(C(C)(C)c5ccccc5)c4)c(F)ccc32)c1-c1cccc[n+]1C. The van der Waals surface area contributed by atoms with Crippen LogP contribution in [0.1, 0.15) is 30.5 Å². The van der Waals surface area contributed by atoms with Gasteiger partial charge < -0.3 is 4.42 Å². The standard InChI is InChI=1S/C34H29FNO/c1-22-16-17-26-27-18-19-28(35)31(33(27)37-32(26)30(22)29-15-8-9-20-36(29)4)23-11-10-14-25(21-23)34(2,3)24-12-6-5-7-13-24/h5-21H,1-4H3/q+1. The van der Waals surface area contributed by atoms with E-state index in [1.54, 1.807) is 6.07 Å². The highest BCUT2D eigenvalue weighted by Gasteiger charge is 2.26. The fraction of sp³-hybridized carbons (Fsp3) is 0.147. The average molecular weight is 487 g/mol. The summed E-state index contributed by atoms with van der Waals surface area (Å²) in [5.41, 5.74) is 7.97. The highest BCUT2D eigenvalue weighted by molar-refractivity contribution is 6.13. The lowest BCUT2D eigenvalue weighted by Gasteiger charge is -2.26. The maximum Gasteiger partial charge on any atom is 0.216 e. The number of fused-ring (bicyclic) bond motifs is 3. The van der Waals surface area contributed by atoms with E-state index in [4.69, 9.17) is 4.42 Å². The zero-order valence-electron chi connectivity index (χ0n) is 21.5. The van der Waals surface area contributed by atoms with E-state index < -0.39 is 0 Å². The third kappa shape index (κ3) is 3.74. The molecule has 0 radical (unpaired) electrons. The second-order valence-corrected chi connectivity index (χ2v) is 10.3. The lowest BCUT2D eigenvalue weighted by atomic mass is 9.77. The highest BCUT2D eigenvalue weighted by atomic mass is 19.1. The summed E-state index contributed by atoms with van der Waals surface area (Å²) in [6, 6.07) is 32.3. The number of furan rings is 1. The Morgan fingerprint density at radius 3 is 2.14 bits per heavy atom. The van der Waals surface area contributed by atoms with Crippen LogP contribution in [0.3, 0.4) is 0 Å². The normalized spacial score (nSPS) is 11.9. The first-order valence-electron chi connectivity index (χ1n) is 12.6. The van der Waals surface area contributed by atoms with Crippen LogP contribution in [0.4, 0.5) is 4.39 Å². The molecule has 0 atom stereocenters. The molecule has 37 heavy (non-hydrogen) atoms. The summed E-state index contributed by atoms with van der Waals surface area (Å²) in [4.78, 5) is 0. The molecule has 6 aromatic rings. The average Bonchev–Trinajstić information content (AvgIpc) is 3.28. The van der Waals surface area contributed by atoms with Gasteiger partial charge in [-0.25, -0.2) is 8.96 Å². The Hall–Kier alpha value is -4.24. The van der Waals surface area contributed by atoms with Crippen molar-refractivity contribution >= 4 is 21.9 Å². The lowest BCUT2D eigenvalue weighted by molar-refractivity contribution is -0.660. The predicted molar refractivity (Wildman–Crippen MR) is 149 cm³/mol. The van der Waals surface area contributed by atoms with Gasteiger partial charge in [0.15, 0.2) is 6.20 Å². The van der Waals surface area contributed by atoms with Gasteiger partial charge in [-0.15, -0.1) is 0 Å². The maximum absolute atomic E-state index is 15.6. The summed E-state index contributed by atoms with van der Waals surface area (Å²) in [7, 11) is 2.03. The molecule has 0 saturated heterocycles. The quantitative estimate of drug-likeness (QED) is 0.228. The van der Waals surface area contributed by atoms with E-state index in [1.165, 1.54) is 5.56 Å². The van der Waals surface area contributed by atoms with Gasteiger partial charge in [-0.05, 0) is 47.4 Å². The first kappa shape index (κ1) is 23.2. The van der Waals surface area contributed by atoms with Crippen molar-refractivity contribution < 1.29 is 13.4 Å². The summed E-state index contributed by atoms with van der Waals surface area (Å²) in [5, 5.41) is 1.90. The molecule has 0 N–H and O–H groups in total. The van der Waals surface area contributed by atoms with E-state index in [-0.39, 0.29) is 11.2 Å². The molecule has 182 valence electrons. The molecule has 0 bridgehead atoms. The van der Waals surface area contributed by atoms with Gasteiger partial charge in [0.25, 0.3) is 0 Å². The summed E-state index contributed by atoms with van der Waals surface area (Å²) < 4.78 is 24.3. The molecule has 0 aliphatic rings. The molecule has 4 aromatic carbocycles. The molecule has 2 aromatic heterocycles. The zero-order chi connectivity index (χ0) is 25.7. The van der Waals surface area contributed by atoms with Crippen LogP contribution in [-0.2, 0) is 12.5 Å². The number of halogens is 1. The van der Waals surface area contributed by atoms with E-state index in [9.17, 15) is 0 Å². The van der Waals surface area contributed by atoms with Crippen molar-refractivity contribution in [3.8, 4) is 22.4 Å². The van der Waals surface area contributed by atoms with Gasteiger partial charge in [0, 0.05) is 28.3 Å². The summed E-state index contributed by atoms with van der Waals surface area (Å²) in [6.45, 7) is 6.49. The molecule has 2 nitrogen and oxygen atoms in total. The molecule has 0 aliphatic carbocycles. The topological polar surface area (TPSA) is 17.0 Å². The van der Waals surface area contributed by atoms with Crippen molar-refractivity contribution in [2.45, 2.75) is 26.2 Å². The third-order valence-electron chi connectivity index (χ3n) is 7.65. The van der Waals surface area contributed by atoms with Crippen molar-refractivity contribution in [1.29, 1.82) is 0 Å². The highest BCUT2D eigenvalue weighted by Crippen LogP contribution is 2.42. The van der Waals surface area contributed by atoms with Crippen LogP contribution in [0, 0.1) is 12.7 Å². The first-order valence-corrected chi connectivity index (χ1v) is 12.6. The largest absolute Gasteiger partial charge is 0.454 e. The Kier molecular flexibility index (Phi) is 5.45. The number of nitrogens with zero attached hydrogens (tertiary/aromatic N) is 1. The molecule has 2 heterocycles. The minimum absolute atomic E-state index is 0.234. The Bertz CT molecular complexity index is 1780. The molecule has 0 spiro atoms. The van der Waals surface area contributed by atoms with Crippen molar-refractivity contribution in [3.63, 3.8) is 0 Å². The van der Waals surface area contributed by atoms with Crippen molar-refractivity contribution in [1.82, 2.24) is 0 Å². The van der Waals surface area contributed by atoms with Crippen LogP contribution in [0.15, 0.2) is 108 Å². The van der Waals surface area contributed by atoms with E-state index >= 15 is 4.39 Å². The van der Waals surface area contributed by atoms with Crippen molar-refractivity contribution in [3.05, 3.63) is 126 Å². The molecule has 0 aliphatic heterocycles. The minimum Gasteiger partial charge on any atom is -0.454 e. The van der Waals surface area contributed by atoms with E-state index in [2.05, 4.69) is 79.9 Å². The van der Waals surface area contributed by atoms with Crippen LogP contribution in [0.25, 0.3) is 44.3 Å². The number of pyridine rings is 1. The second kappa shape index (κ2) is 8.70. The van der Waals surface area contributed by atoms with E-state index in [0.717, 1.165) is 44.3 Å². The summed E-state index contributed by atoms with van der Waals surface area (Å²) >= 11 is 0. The maximum atomic E-state index is 15.6. The first-order chi connectivity index (χ1) is 17.9. The summed E-state index contributed by atoms with van der Waals surface area (Å²) in [6.07, 6.45) is 2.03. The molecular weight excluding hydrogens is 457 g/mol. The minimum atomic E-state index is -0.287. The van der Waals surface area contributed by atoms with Gasteiger partial charge in [0.05, 0.1) is 11.1 Å². The number of rotatable bonds is 4. The number of hydrogen-bond donors (Lipinski definition) is 0. The van der Waals surface area contributed by atoms with Gasteiger partial charge in [0.1, 0.15) is 24.0 Å². The molecule has 0 fully saturated rings. The number of aryl methyl sites for hydroxylation is 2. The van der Waals surface area contributed by atoms with E-state index in [0.29, 0.717) is 11.1 Å². The molecule has 3 heteroatoms. The number of benzene rings is 4. The van der Waals surface area contributed by atoms with Crippen molar-refractivity contribution in [2.24, 2.45) is 7.05 Å². The molecule has 0 unspecified atom stereocenters. The van der Waals surface area contributed by atoms with Crippen LogP contribution >= 0.6 is 0 Å². The fourth-order valence-corrected chi connectivity index (χ4v) is 5.43. The Morgan fingerprint density at radius 1 is 0.703 bits per heavy atom. The van der Waals surface area contributed by atoms with Crippen LogP contribution in [-0.4, -0.2) is 0 Å². The predicted octanol–water partition coefficient (Wildman–Crippen LogP) is 8.52. The van der Waals surface area contributed by atoms with Gasteiger partial charge in [-0.2, -0.15) is 0 Å². The third-order valence-corrected chi connectivity index (χ3v) is 7.65. The van der Waals surface area contributed by atoms with Gasteiger partial charge in [-0.3, -0.25) is 0 Å². The van der Waals surface area contributed by atoms with Crippen LogP contribution in [0.2, 0.25) is 0 Å². The molecule has 0 saturated carbocycles. The molecule has 0 amide bonds. The lowest BCUT2D eigenvalue weighted by Crippen LogP contribution is -2.30. The van der Waals surface area contributed by atoms with Gasteiger partial charge in [0.2, 0.25) is 5.69 Å². The smallest absolute Gasteiger partial charge is 0.216 e. The fourth-order valence-electron chi connectivity index (χ4n) is 5.43. The van der Waals surface area contributed by atoms with Crippen molar-refractivity contribution in [2.75, 3.05) is 0 Å². The number of hydrogen-bond acceptors (Lipinski definition) is 1. The van der Waals surface area contributed by atoms with Gasteiger partial charge >= 0.3 is 0 Å². The monoisotopic (exact) mass is 486 g/mol. The number of aromatic nitrogens is 1. The summed E-state index contributed by atoms with van der Waals surface area (Å²) in [5.74, 6) is -0.287. The second-order valence-electron chi connectivity index (χ2n) is 10.3. The zero-order valence-corrected chi connectivity index (χ0v) is 21.5. The molecular formula is C34H29FNO+. The van der Waals surface area contributed by atoms with Crippen LogP contribution < -0.4 is 4.57 Å².